The molecule has 1 N–H and O–H groups in total. The Bertz CT molecular complexity index is 423. The van der Waals surface area contributed by atoms with Crippen LogP contribution in [-0.4, -0.2) is 18.3 Å². The van der Waals surface area contributed by atoms with E-state index in [1.54, 1.807) is 6.92 Å². The van der Waals surface area contributed by atoms with Crippen molar-refractivity contribution in [2.45, 2.75) is 25.6 Å². The number of hydrogen-bond acceptors (Lipinski definition) is 2. The van der Waals surface area contributed by atoms with Gasteiger partial charge < -0.3 is 9.84 Å². The first-order chi connectivity index (χ1) is 8.39. The van der Waals surface area contributed by atoms with Crippen LogP contribution in [0.15, 0.2) is 18.2 Å². The molecule has 1 aromatic carbocycles. The maximum Gasteiger partial charge on any atom is 0.416 e. The van der Waals surface area contributed by atoms with Crippen LogP contribution in [0.25, 0.3) is 0 Å². The van der Waals surface area contributed by atoms with Gasteiger partial charge in [-0.2, -0.15) is 13.2 Å². The van der Waals surface area contributed by atoms with E-state index in [4.69, 9.17) is 4.74 Å². The molecule has 1 aliphatic rings. The minimum absolute atomic E-state index is 0.0274. The van der Waals surface area contributed by atoms with Crippen LogP contribution in [0.2, 0.25) is 0 Å². The van der Waals surface area contributed by atoms with Crippen molar-refractivity contribution >= 4 is 0 Å². The molecule has 18 heavy (non-hydrogen) atoms. The van der Waals surface area contributed by atoms with Crippen molar-refractivity contribution in [3.05, 3.63) is 34.9 Å². The minimum Gasteiger partial charge on any atom is -0.388 e. The lowest BCUT2D eigenvalue weighted by Crippen LogP contribution is -2.14. The second kappa shape index (κ2) is 4.90. The van der Waals surface area contributed by atoms with Gasteiger partial charge in [-0.15, -0.1) is 0 Å². The van der Waals surface area contributed by atoms with Gasteiger partial charge >= 0.3 is 6.18 Å². The fourth-order valence-corrected chi connectivity index (χ4v) is 2.24. The molecule has 1 heterocycles. The fraction of sp³-hybridized carbons (Fsp3) is 0.538. The number of aryl methyl sites for hydroxylation is 1. The van der Waals surface area contributed by atoms with Crippen LogP contribution in [0.1, 0.15) is 29.2 Å². The van der Waals surface area contributed by atoms with Crippen LogP contribution in [-0.2, 0) is 10.9 Å². The molecule has 0 amide bonds. The van der Waals surface area contributed by atoms with Crippen molar-refractivity contribution in [1.29, 1.82) is 0 Å². The molecule has 0 bridgehead atoms. The summed E-state index contributed by atoms with van der Waals surface area (Å²) in [5.41, 5.74) is 0.335. The molecular formula is C13H15F3O2. The van der Waals surface area contributed by atoms with Gasteiger partial charge in [0.05, 0.1) is 18.3 Å². The molecule has 2 nitrogen and oxygen atoms in total. The molecule has 0 saturated carbocycles. The van der Waals surface area contributed by atoms with Crippen molar-refractivity contribution in [3.63, 3.8) is 0 Å². The zero-order valence-electron chi connectivity index (χ0n) is 10.00. The quantitative estimate of drug-likeness (QED) is 0.885. The van der Waals surface area contributed by atoms with Crippen LogP contribution < -0.4 is 0 Å². The van der Waals surface area contributed by atoms with Crippen LogP contribution in [0.5, 0.6) is 0 Å². The largest absolute Gasteiger partial charge is 0.416 e. The molecule has 5 heteroatoms. The number of aliphatic hydroxyl groups is 1. The van der Waals surface area contributed by atoms with Gasteiger partial charge in [-0.25, -0.2) is 0 Å². The van der Waals surface area contributed by atoms with E-state index in [9.17, 15) is 18.3 Å². The summed E-state index contributed by atoms with van der Waals surface area (Å²) in [6.45, 7) is 2.65. The average molecular weight is 260 g/mol. The first kappa shape index (κ1) is 13.4. The fourth-order valence-electron chi connectivity index (χ4n) is 2.24. The molecule has 0 aliphatic carbocycles. The predicted octanol–water partition coefficient (Wildman–Crippen LogP) is 3.08. The molecule has 1 aromatic rings. The molecule has 0 aromatic heterocycles. The SMILES string of the molecule is Cc1cc(C(F)(F)F)ccc1C(O)C1CCOC1. The van der Waals surface area contributed by atoms with Gasteiger partial charge in [0.1, 0.15) is 0 Å². The Morgan fingerprint density at radius 1 is 1.39 bits per heavy atom. The van der Waals surface area contributed by atoms with Gasteiger partial charge in [-0.1, -0.05) is 6.07 Å². The molecule has 1 fully saturated rings. The van der Waals surface area contributed by atoms with Crippen molar-refractivity contribution in [1.82, 2.24) is 0 Å². The van der Waals surface area contributed by atoms with Gasteiger partial charge in [0.15, 0.2) is 0 Å². The maximum absolute atomic E-state index is 12.5. The summed E-state index contributed by atoms with van der Waals surface area (Å²) in [6.07, 6.45) is -4.36. The van der Waals surface area contributed by atoms with Crippen LogP contribution >= 0.6 is 0 Å². The minimum atomic E-state index is -4.34. The maximum atomic E-state index is 12.5. The Kier molecular flexibility index (Phi) is 3.64. The van der Waals surface area contributed by atoms with E-state index >= 15 is 0 Å². The van der Waals surface area contributed by atoms with E-state index in [-0.39, 0.29) is 5.92 Å². The van der Waals surface area contributed by atoms with Gasteiger partial charge in [-0.3, -0.25) is 0 Å². The average Bonchev–Trinajstić information content (AvgIpc) is 2.80. The molecule has 1 aliphatic heterocycles. The summed E-state index contributed by atoms with van der Waals surface area (Å²) in [5.74, 6) is -0.0274. The molecular weight excluding hydrogens is 245 g/mol. The lowest BCUT2D eigenvalue weighted by Gasteiger charge is -2.20. The predicted molar refractivity (Wildman–Crippen MR) is 60.1 cm³/mol. The number of aliphatic hydroxyl groups excluding tert-OH is 1. The third kappa shape index (κ3) is 2.67. The van der Waals surface area contributed by atoms with E-state index in [1.807, 2.05) is 0 Å². The third-order valence-corrected chi connectivity index (χ3v) is 3.33. The Hall–Kier alpha value is -1.07. The smallest absolute Gasteiger partial charge is 0.388 e. The molecule has 100 valence electrons. The first-order valence-electron chi connectivity index (χ1n) is 5.83. The second-order valence-electron chi connectivity index (χ2n) is 4.64. The van der Waals surface area contributed by atoms with Crippen molar-refractivity contribution in [3.8, 4) is 0 Å². The zero-order chi connectivity index (χ0) is 13.3. The molecule has 2 unspecified atom stereocenters. The second-order valence-corrected chi connectivity index (χ2v) is 4.64. The van der Waals surface area contributed by atoms with Crippen molar-refractivity contribution in [2.24, 2.45) is 5.92 Å². The number of benzene rings is 1. The lowest BCUT2D eigenvalue weighted by atomic mass is 9.91. The summed E-state index contributed by atoms with van der Waals surface area (Å²) in [5, 5.41) is 10.1. The molecule has 0 radical (unpaired) electrons. The summed E-state index contributed by atoms with van der Waals surface area (Å²) in [7, 11) is 0. The van der Waals surface area contributed by atoms with E-state index in [2.05, 4.69) is 0 Å². The highest BCUT2D eigenvalue weighted by Gasteiger charge is 2.32. The highest BCUT2D eigenvalue weighted by atomic mass is 19.4. The topological polar surface area (TPSA) is 29.5 Å². The van der Waals surface area contributed by atoms with E-state index in [0.717, 1.165) is 18.6 Å². The van der Waals surface area contributed by atoms with E-state index in [1.165, 1.54) is 6.07 Å². The summed E-state index contributed by atoms with van der Waals surface area (Å²) >= 11 is 0. The summed E-state index contributed by atoms with van der Waals surface area (Å²) in [6, 6.07) is 3.46. The van der Waals surface area contributed by atoms with Crippen LogP contribution in [0.3, 0.4) is 0 Å². The molecule has 2 atom stereocenters. The van der Waals surface area contributed by atoms with Crippen molar-refractivity contribution in [2.75, 3.05) is 13.2 Å². The van der Waals surface area contributed by atoms with Crippen LogP contribution in [0.4, 0.5) is 13.2 Å². The molecule has 0 spiro atoms. The van der Waals surface area contributed by atoms with Gasteiger partial charge in [-0.05, 0) is 36.6 Å². The number of ether oxygens (including phenoxy) is 1. The van der Waals surface area contributed by atoms with Gasteiger partial charge in [0.25, 0.3) is 0 Å². The van der Waals surface area contributed by atoms with Crippen LogP contribution in [0, 0.1) is 12.8 Å². The normalized spacial score (nSPS) is 22.2. The van der Waals surface area contributed by atoms with Crippen molar-refractivity contribution < 1.29 is 23.0 Å². The Morgan fingerprint density at radius 2 is 2.11 bits per heavy atom. The Morgan fingerprint density at radius 3 is 2.61 bits per heavy atom. The number of rotatable bonds is 2. The van der Waals surface area contributed by atoms with Gasteiger partial charge in [0.2, 0.25) is 0 Å². The standard InChI is InChI=1S/C13H15F3O2/c1-8-6-10(13(14,15)16)2-3-11(8)12(17)9-4-5-18-7-9/h2-3,6,9,12,17H,4-5,7H2,1H3. The molecule has 1 saturated heterocycles. The summed E-state index contributed by atoms with van der Waals surface area (Å²) < 4.78 is 42.7. The Balaban J connectivity index is 2.24. The highest BCUT2D eigenvalue weighted by Crippen LogP contribution is 2.34. The zero-order valence-corrected chi connectivity index (χ0v) is 10.00. The van der Waals surface area contributed by atoms with E-state index in [0.29, 0.717) is 24.3 Å². The summed E-state index contributed by atoms with van der Waals surface area (Å²) in [4.78, 5) is 0. The highest BCUT2D eigenvalue weighted by molar-refractivity contribution is 5.34. The van der Waals surface area contributed by atoms with Gasteiger partial charge in [0, 0.05) is 12.5 Å². The lowest BCUT2D eigenvalue weighted by molar-refractivity contribution is -0.137. The number of alkyl halides is 3. The number of hydrogen-bond donors (Lipinski definition) is 1. The first-order valence-corrected chi connectivity index (χ1v) is 5.83. The molecule has 2 rings (SSSR count). The monoisotopic (exact) mass is 260 g/mol. The third-order valence-electron chi connectivity index (χ3n) is 3.33. The van der Waals surface area contributed by atoms with E-state index < -0.39 is 17.8 Å². The number of halogens is 3. The Labute approximate surface area is 103 Å².